The summed E-state index contributed by atoms with van der Waals surface area (Å²) in [6.45, 7) is 6.69. The summed E-state index contributed by atoms with van der Waals surface area (Å²) in [5.74, 6) is 3.29. The highest BCUT2D eigenvalue weighted by Gasteiger charge is 2.36. The van der Waals surface area contributed by atoms with E-state index in [2.05, 4.69) is 25.9 Å². The van der Waals surface area contributed by atoms with Gasteiger partial charge in [-0.15, -0.1) is 0 Å². The van der Waals surface area contributed by atoms with Gasteiger partial charge in [0.15, 0.2) is 5.82 Å². The zero-order valence-electron chi connectivity index (χ0n) is 12.1. The zero-order chi connectivity index (χ0) is 13.3. The van der Waals surface area contributed by atoms with Gasteiger partial charge in [-0.05, 0) is 37.5 Å². The van der Waals surface area contributed by atoms with Gasteiger partial charge in [0.05, 0.1) is 5.54 Å². The van der Waals surface area contributed by atoms with Gasteiger partial charge in [0.1, 0.15) is 5.82 Å². The average molecular weight is 250 g/mol. The van der Waals surface area contributed by atoms with Gasteiger partial charge in [0, 0.05) is 13.5 Å². The molecule has 0 atom stereocenters. The van der Waals surface area contributed by atoms with Crippen molar-refractivity contribution in [1.29, 1.82) is 0 Å². The second-order valence-electron chi connectivity index (χ2n) is 6.41. The first-order valence-corrected chi connectivity index (χ1v) is 7.10. The largest absolute Gasteiger partial charge is 0.319 e. The Balaban J connectivity index is 2.19. The zero-order valence-corrected chi connectivity index (χ0v) is 12.1. The third-order valence-electron chi connectivity index (χ3n) is 4.01. The van der Waals surface area contributed by atoms with E-state index in [1.807, 2.05) is 11.7 Å². The first-order chi connectivity index (χ1) is 8.40. The van der Waals surface area contributed by atoms with Crippen LogP contribution < -0.4 is 5.73 Å². The molecule has 4 heteroatoms. The van der Waals surface area contributed by atoms with Crippen LogP contribution in [0.25, 0.3) is 0 Å². The Morgan fingerprint density at radius 3 is 2.56 bits per heavy atom. The Kier molecular flexibility index (Phi) is 3.76. The van der Waals surface area contributed by atoms with Crippen LogP contribution in [-0.4, -0.2) is 14.8 Å². The quantitative estimate of drug-likeness (QED) is 0.896. The first-order valence-electron chi connectivity index (χ1n) is 7.10. The number of hydrogen-bond donors (Lipinski definition) is 1. The van der Waals surface area contributed by atoms with Crippen LogP contribution in [0, 0.1) is 11.8 Å². The molecule has 1 aliphatic carbocycles. The van der Waals surface area contributed by atoms with Gasteiger partial charge in [-0.1, -0.05) is 20.8 Å². The molecule has 0 aromatic carbocycles. The normalized spacial score (nSPS) is 28.9. The SMILES string of the molecule is CC(C)Cc1nc(C2(N)CCC(C)CC2)n(C)n1. The molecule has 1 aliphatic rings. The summed E-state index contributed by atoms with van der Waals surface area (Å²) in [6.07, 6.45) is 5.38. The van der Waals surface area contributed by atoms with Crippen molar-refractivity contribution >= 4 is 0 Å². The second-order valence-corrected chi connectivity index (χ2v) is 6.41. The molecule has 0 spiro atoms. The van der Waals surface area contributed by atoms with Gasteiger partial charge in [0.25, 0.3) is 0 Å². The number of rotatable bonds is 3. The van der Waals surface area contributed by atoms with E-state index in [-0.39, 0.29) is 5.54 Å². The maximum absolute atomic E-state index is 6.56. The predicted octanol–water partition coefficient (Wildman–Crippen LogP) is 2.38. The molecule has 1 fully saturated rings. The summed E-state index contributed by atoms with van der Waals surface area (Å²) in [5, 5.41) is 4.52. The molecular formula is C14H26N4. The molecule has 0 bridgehead atoms. The summed E-state index contributed by atoms with van der Waals surface area (Å²) < 4.78 is 1.90. The fraction of sp³-hybridized carbons (Fsp3) is 0.857. The molecule has 2 rings (SSSR count). The molecule has 0 radical (unpaired) electrons. The van der Waals surface area contributed by atoms with Crippen molar-refractivity contribution in [2.75, 3.05) is 0 Å². The molecule has 0 unspecified atom stereocenters. The van der Waals surface area contributed by atoms with E-state index >= 15 is 0 Å². The molecular weight excluding hydrogens is 224 g/mol. The lowest BCUT2D eigenvalue weighted by Crippen LogP contribution is -2.42. The van der Waals surface area contributed by atoms with Gasteiger partial charge < -0.3 is 5.73 Å². The van der Waals surface area contributed by atoms with Crippen LogP contribution in [-0.2, 0) is 19.0 Å². The molecule has 0 amide bonds. The first kappa shape index (κ1) is 13.5. The van der Waals surface area contributed by atoms with E-state index in [1.165, 1.54) is 12.8 Å². The van der Waals surface area contributed by atoms with E-state index in [9.17, 15) is 0 Å². The van der Waals surface area contributed by atoms with E-state index in [0.29, 0.717) is 5.92 Å². The van der Waals surface area contributed by atoms with Crippen molar-refractivity contribution in [3.63, 3.8) is 0 Å². The van der Waals surface area contributed by atoms with Crippen molar-refractivity contribution in [2.45, 2.75) is 58.4 Å². The van der Waals surface area contributed by atoms with E-state index in [1.54, 1.807) is 0 Å². The van der Waals surface area contributed by atoms with Gasteiger partial charge in [-0.3, -0.25) is 4.68 Å². The molecule has 102 valence electrons. The van der Waals surface area contributed by atoms with Crippen LogP contribution >= 0.6 is 0 Å². The molecule has 1 aromatic heterocycles. The van der Waals surface area contributed by atoms with Crippen LogP contribution in [0.1, 0.15) is 58.1 Å². The molecule has 4 nitrogen and oxygen atoms in total. The Labute approximate surface area is 110 Å². The average Bonchev–Trinajstić information content (AvgIpc) is 2.64. The Morgan fingerprint density at radius 2 is 2.00 bits per heavy atom. The smallest absolute Gasteiger partial charge is 0.151 e. The van der Waals surface area contributed by atoms with Gasteiger partial charge in [-0.2, -0.15) is 5.10 Å². The number of hydrogen-bond acceptors (Lipinski definition) is 3. The van der Waals surface area contributed by atoms with Crippen molar-refractivity contribution in [3.8, 4) is 0 Å². The van der Waals surface area contributed by atoms with E-state index < -0.39 is 0 Å². The monoisotopic (exact) mass is 250 g/mol. The maximum Gasteiger partial charge on any atom is 0.151 e. The summed E-state index contributed by atoms with van der Waals surface area (Å²) in [4.78, 5) is 4.70. The van der Waals surface area contributed by atoms with Crippen molar-refractivity contribution < 1.29 is 0 Å². The van der Waals surface area contributed by atoms with Crippen molar-refractivity contribution in [3.05, 3.63) is 11.6 Å². The van der Waals surface area contributed by atoms with Crippen LogP contribution in [0.4, 0.5) is 0 Å². The van der Waals surface area contributed by atoms with Crippen LogP contribution in [0.5, 0.6) is 0 Å². The summed E-state index contributed by atoms with van der Waals surface area (Å²) in [6, 6.07) is 0. The lowest BCUT2D eigenvalue weighted by molar-refractivity contribution is 0.231. The van der Waals surface area contributed by atoms with Gasteiger partial charge in [0.2, 0.25) is 0 Å². The van der Waals surface area contributed by atoms with Crippen molar-refractivity contribution in [1.82, 2.24) is 14.8 Å². The second kappa shape index (κ2) is 5.00. The highest BCUT2D eigenvalue weighted by atomic mass is 15.3. The minimum Gasteiger partial charge on any atom is -0.319 e. The number of nitrogens with two attached hydrogens (primary N) is 1. The fourth-order valence-electron chi connectivity index (χ4n) is 2.82. The molecule has 1 saturated carbocycles. The molecule has 1 heterocycles. The molecule has 2 N–H and O–H groups in total. The van der Waals surface area contributed by atoms with Crippen LogP contribution in [0.15, 0.2) is 0 Å². The summed E-state index contributed by atoms with van der Waals surface area (Å²) >= 11 is 0. The van der Waals surface area contributed by atoms with Crippen LogP contribution in [0.2, 0.25) is 0 Å². The predicted molar refractivity (Wildman–Crippen MR) is 73.0 cm³/mol. The lowest BCUT2D eigenvalue weighted by Gasteiger charge is -2.34. The number of aryl methyl sites for hydroxylation is 1. The standard InChI is InChI=1S/C14H26N4/c1-10(2)9-12-16-13(18(4)17-12)14(15)7-5-11(3)6-8-14/h10-11H,5-9,15H2,1-4H3. The lowest BCUT2D eigenvalue weighted by atomic mass is 9.77. The molecule has 18 heavy (non-hydrogen) atoms. The third kappa shape index (κ3) is 2.74. The molecule has 0 aliphatic heterocycles. The minimum atomic E-state index is -0.260. The Morgan fingerprint density at radius 1 is 1.39 bits per heavy atom. The molecule has 1 aromatic rings. The van der Waals surface area contributed by atoms with E-state index in [0.717, 1.165) is 36.8 Å². The number of nitrogens with zero attached hydrogens (tertiary/aromatic N) is 3. The highest BCUT2D eigenvalue weighted by Crippen LogP contribution is 2.36. The summed E-state index contributed by atoms with van der Waals surface area (Å²) in [5.41, 5.74) is 6.30. The topological polar surface area (TPSA) is 56.7 Å². The minimum absolute atomic E-state index is 0.260. The molecule has 0 saturated heterocycles. The third-order valence-corrected chi connectivity index (χ3v) is 4.01. The maximum atomic E-state index is 6.56. The Hall–Kier alpha value is -0.900. The number of aromatic nitrogens is 3. The van der Waals surface area contributed by atoms with E-state index in [4.69, 9.17) is 10.7 Å². The van der Waals surface area contributed by atoms with Gasteiger partial charge >= 0.3 is 0 Å². The fourth-order valence-corrected chi connectivity index (χ4v) is 2.82. The Bertz CT molecular complexity index is 400. The van der Waals surface area contributed by atoms with Crippen LogP contribution in [0.3, 0.4) is 0 Å². The van der Waals surface area contributed by atoms with Gasteiger partial charge in [-0.25, -0.2) is 4.98 Å². The van der Waals surface area contributed by atoms with Crippen molar-refractivity contribution in [2.24, 2.45) is 24.6 Å². The highest BCUT2D eigenvalue weighted by molar-refractivity contribution is 5.09. The summed E-state index contributed by atoms with van der Waals surface area (Å²) in [7, 11) is 1.97.